The average molecular weight is 380 g/mol. The van der Waals surface area contributed by atoms with E-state index in [1.807, 2.05) is 30.3 Å². The van der Waals surface area contributed by atoms with Crippen molar-refractivity contribution in [3.05, 3.63) is 60.2 Å². The summed E-state index contributed by atoms with van der Waals surface area (Å²) in [5, 5.41) is 17.5. The van der Waals surface area contributed by atoms with Crippen molar-refractivity contribution >= 4 is 39.7 Å². The molecule has 1 heterocycles. The number of phenolic OH excluding ortho intramolecular Hbond substituents is 1. The first-order valence-corrected chi connectivity index (χ1v) is 8.75. The largest absolute Gasteiger partial charge is 0.506 e. The monoisotopic (exact) mass is 380 g/mol. The second-order valence-corrected chi connectivity index (χ2v) is 6.36. The minimum absolute atomic E-state index is 0.0460. The molecule has 0 aromatic heterocycles. The zero-order valence-electron chi connectivity index (χ0n) is 14.2. The molecule has 6 nitrogen and oxygen atoms in total. The first kappa shape index (κ1) is 17.1. The molecule has 3 aromatic rings. The molecule has 0 radical (unpaired) electrons. The van der Waals surface area contributed by atoms with Crippen LogP contribution in [0.4, 0.5) is 5.69 Å². The van der Waals surface area contributed by atoms with Gasteiger partial charge < -0.3 is 19.9 Å². The molecule has 1 aliphatic heterocycles. The second-order valence-electron chi connectivity index (χ2n) is 5.95. The number of benzene rings is 3. The Morgan fingerprint density at radius 2 is 1.78 bits per heavy atom. The van der Waals surface area contributed by atoms with Gasteiger partial charge in [0.2, 0.25) is 0 Å². The van der Waals surface area contributed by atoms with Crippen LogP contribution in [0.3, 0.4) is 0 Å². The van der Waals surface area contributed by atoms with Crippen LogP contribution in [0, 0.1) is 0 Å². The van der Waals surface area contributed by atoms with Gasteiger partial charge in [0, 0.05) is 10.9 Å². The summed E-state index contributed by atoms with van der Waals surface area (Å²) < 4.78 is 10.9. The summed E-state index contributed by atoms with van der Waals surface area (Å²) in [5.74, 6) is 0.799. The minimum atomic E-state index is -0.385. The highest BCUT2D eigenvalue weighted by atomic mass is 32.1. The van der Waals surface area contributed by atoms with Gasteiger partial charge in [0.25, 0.3) is 5.91 Å². The first-order valence-electron chi connectivity index (χ1n) is 8.34. The van der Waals surface area contributed by atoms with Crippen LogP contribution in [0.15, 0.2) is 54.6 Å². The van der Waals surface area contributed by atoms with Gasteiger partial charge in [0.05, 0.1) is 5.69 Å². The van der Waals surface area contributed by atoms with Gasteiger partial charge >= 0.3 is 0 Å². The van der Waals surface area contributed by atoms with Crippen molar-refractivity contribution in [2.75, 3.05) is 18.5 Å². The predicted molar refractivity (Wildman–Crippen MR) is 107 cm³/mol. The summed E-state index contributed by atoms with van der Waals surface area (Å²) in [5.41, 5.74) is 0.839. The van der Waals surface area contributed by atoms with E-state index in [9.17, 15) is 9.90 Å². The quantitative estimate of drug-likeness (QED) is 0.467. The lowest BCUT2D eigenvalue weighted by atomic mass is 10.1. The number of phenols is 1. The summed E-state index contributed by atoms with van der Waals surface area (Å²) in [6.07, 6.45) is 0. The highest BCUT2D eigenvalue weighted by molar-refractivity contribution is 7.80. The zero-order valence-corrected chi connectivity index (χ0v) is 15.0. The summed E-state index contributed by atoms with van der Waals surface area (Å²) in [6, 6.07) is 15.9. The Labute approximate surface area is 160 Å². The van der Waals surface area contributed by atoms with E-state index >= 15 is 0 Å². The summed E-state index contributed by atoms with van der Waals surface area (Å²) in [7, 11) is 0. The van der Waals surface area contributed by atoms with Gasteiger partial charge in [-0.15, -0.1) is 0 Å². The van der Waals surface area contributed by atoms with Crippen LogP contribution in [0.2, 0.25) is 0 Å². The Hall–Kier alpha value is -3.32. The van der Waals surface area contributed by atoms with Crippen LogP contribution < -0.4 is 20.1 Å². The van der Waals surface area contributed by atoms with Gasteiger partial charge in [-0.3, -0.25) is 10.1 Å². The number of nitrogens with one attached hydrogen (secondary N) is 2. The molecule has 0 unspecified atom stereocenters. The highest BCUT2D eigenvalue weighted by Gasteiger charge is 2.16. The normalized spacial score (nSPS) is 12.4. The molecule has 0 fully saturated rings. The van der Waals surface area contributed by atoms with Crippen LogP contribution in [0.1, 0.15) is 10.4 Å². The third-order valence-corrected chi connectivity index (χ3v) is 4.38. The molecular formula is C20H16N2O4S. The third kappa shape index (κ3) is 3.50. The van der Waals surface area contributed by atoms with Crippen molar-refractivity contribution < 1.29 is 19.4 Å². The lowest BCUT2D eigenvalue weighted by molar-refractivity contribution is 0.0976. The van der Waals surface area contributed by atoms with Crippen molar-refractivity contribution in [3.8, 4) is 17.2 Å². The maximum Gasteiger partial charge on any atom is 0.257 e. The number of anilines is 1. The van der Waals surface area contributed by atoms with E-state index in [0.717, 1.165) is 10.8 Å². The fourth-order valence-corrected chi connectivity index (χ4v) is 3.09. The Bertz CT molecular complexity index is 1050. The molecule has 3 aromatic carbocycles. The fraction of sp³-hybridized carbons (Fsp3) is 0.100. The number of aromatic hydroxyl groups is 1. The Kier molecular flexibility index (Phi) is 4.52. The summed E-state index contributed by atoms with van der Waals surface area (Å²) in [4.78, 5) is 12.5. The first-order chi connectivity index (χ1) is 13.1. The molecule has 0 bridgehead atoms. The molecule has 27 heavy (non-hydrogen) atoms. The topological polar surface area (TPSA) is 79.8 Å². The molecule has 3 N–H and O–H groups in total. The molecule has 7 heteroatoms. The Balaban J connectivity index is 1.52. The van der Waals surface area contributed by atoms with Crippen LogP contribution in [0.5, 0.6) is 17.2 Å². The molecule has 0 saturated heterocycles. The second kappa shape index (κ2) is 7.13. The van der Waals surface area contributed by atoms with E-state index in [2.05, 4.69) is 10.6 Å². The van der Waals surface area contributed by atoms with Crippen molar-refractivity contribution in [1.82, 2.24) is 5.32 Å². The molecule has 0 atom stereocenters. The Morgan fingerprint density at radius 3 is 2.63 bits per heavy atom. The molecule has 0 aliphatic carbocycles. The smallest absolute Gasteiger partial charge is 0.257 e. The van der Waals surface area contributed by atoms with Gasteiger partial charge in [0.15, 0.2) is 16.6 Å². The van der Waals surface area contributed by atoms with Crippen molar-refractivity contribution in [3.63, 3.8) is 0 Å². The van der Waals surface area contributed by atoms with Crippen LogP contribution in [-0.4, -0.2) is 29.3 Å². The SMILES string of the molecule is O=C(NC(=S)Nc1c(O)ccc2ccccc12)c1ccc2c(c1)OCCO2. The predicted octanol–water partition coefficient (Wildman–Crippen LogP) is 3.44. The molecule has 0 saturated carbocycles. The number of ether oxygens (including phenoxy) is 2. The number of amides is 1. The van der Waals surface area contributed by atoms with E-state index in [-0.39, 0.29) is 16.8 Å². The zero-order chi connectivity index (χ0) is 18.8. The van der Waals surface area contributed by atoms with Crippen molar-refractivity contribution in [1.29, 1.82) is 0 Å². The van der Waals surface area contributed by atoms with Crippen LogP contribution in [0.25, 0.3) is 10.8 Å². The lowest BCUT2D eigenvalue weighted by Gasteiger charge is -2.19. The number of rotatable bonds is 2. The minimum Gasteiger partial charge on any atom is -0.506 e. The number of hydrogen-bond donors (Lipinski definition) is 3. The van der Waals surface area contributed by atoms with E-state index < -0.39 is 0 Å². The maximum absolute atomic E-state index is 12.5. The summed E-state index contributed by atoms with van der Waals surface area (Å²) in [6.45, 7) is 0.930. The fourth-order valence-electron chi connectivity index (χ4n) is 2.90. The molecule has 0 spiro atoms. The van der Waals surface area contributed by atoms with Gasteiger partial charge in [0.1, 0.15) is 19.0 Å². The molecular weight excluding hydrogens is 364 g/mol. The molecule has 4 rings (SSSR count). The Morgan fingerprint density at radius 1 is 1.00 bits per heavy atom. The van der Waals surface area contributed by atoms with Gasteiger partial charge in [-0.25, -0.2) is 0 Å². The van der Waals surface area contributed by atoms with Gasteiger partial charge in [-0.1, -0.05) is 30.3 Å². The van der Waals surface area contributed by atoms with Crippen molar-refractivity contribution in [2.45, 2.75) is 0 Å². The molecule has 1 amide bonds. The number of fused-ring (bicyclic) bond motifs is 2. The van der Waals surface area contributed by atoms with Gasteiger partial charge in [-0.2, -0.15) is 0 Å². The molecule has 136 valence electrons. The highest BCUT2D eigenvalue weighted by Crippen LogP contribution is 2.32. The summed E-state index contributed by atoms with van der Waals surface area (Å²) >= 11 is 5.25. The maximum atomic E-state index is 12.5. The van der Waals surface area contributed by atoms with E-state index in [1.54, 1.807) is 24.3 Å². The van der Waals surface area contributed by atoms with Gasteiger partial charge in [-0.05, 0) is 41.9 Å². The van der Waals surface area contributed by atoms with E-state index in [0.29, 0.717) is 36.0 Å². The van der Waals surface area contributed by atoms with Crippen LogP contribution >= 0.6 is 12.2 Å². The number of carbonyl (C=O) groups is 1. The van der Waals surface area contributed by atoms with E-state index in [4.69, 9.17) is 21.7 Å². The number of carbonyl (C=O) groups excluding carboxylic acids is 1. The average Bonchev–Trinajstić information content (AvgIpc) is 2.69. The number of hydrogen-bond acceptors (Lipinski definition) is 5. The van der Waals surface area contributed by atoms with Crippen molar-refractivity contribution in [2.24, 2.45) is 0 Å². The van der Waals surface area contributed by atoms with Crippen LogP contribution in [-0.2, 0) is 0 Å². The third-order valence-electron chi connectivity index (χ3n) is 4.18. The standard InChI is InChI=1S/C20H16N2O4S/c23-15-7-5-12-3-1-2-4-14(12)18(15)21-20(27)22-19(24)13-6-8-16-17(11-13)26-10-9-25-16/h1-8,11,23H,9-10H2,(H2,21,22,24,27). The number of thiocarbonyl (C=S) groups is 1. The van der Waals surface area contributed by atoms with E-state index in [1.165, 1.54) is 0 Å². The lowest BCUT2D eigenvalue weighted by Crippen LogP contribution is -2.34. The molecule has 1 aliphatic rings.